The van der Waals surface area contributed by atoms with E-state index in [9.17, 15) is 0 Å². The fraction of sp³-hybridized carbons (Fsp3) is 0.368. The van der Waals surface area contributed by atoms with Crippen LogP contribution < -0.4 is 30.2 Å². The first-order valence-electron chi connectivity index (χ1n) is 16.0. The summed E-state index contributed by atoms with van der Waals surface area (Å²) in [5.74, 6) is 2.05. The van der Waals surface area contributed by atoms with Crippen molar-refractivity contribution in [3.8, 4) is 22.6 Å². The van der Waals surface area contributed by atoms with Crippen molar-refractivity contribution in [2.45, 2.75) is 79.3 Å². The zero-order chi connectivity index (χ0) is 29.7. The number of hydrogen-bond donors (Lipinski definition) is 0. The Morgan fingerprint density at radius 1 is 0.524 bits per heavy atom. The zero-order valence-electron chi connectivity index (χ0n) is 26.6. The Kier molecular flexibility index (Phi) is 9.44. The summed E-state index contributed by atoms with van der Waals surface area (Å²) < 4.78 is 12.9. The maximum atomic E-state index is 6.47. The number of ether oxygens (including phenoxy) is 2. The van der Waals surface area contributed by atoms with E-state index < -0.39 is 15.2 Å². The minimum absolute atomic E-state index is 0.768. The number of hydrogen-bond acceptors (Lipinski definition) is 2. The van der Waals surface area contributed by atoms with Crippen LogP contribution in [-0.4, -0.2) is 28.4 Å². The molecule has 0 bridgehead atoms. The monoisotopic (exact) mass is 592 g/mol. The van der Waals surface area contributed by atoms with E-state index in [2.05, 4.69) is 126 Å². The van der Waals surface area contributed by atoms with Crippen LogP contribution in [0.25, 0.3) is 11.1 Å². The van der Waals surface area contributed by atoms with Crippen molar-refractivity contribution < 1.29 is 9.47 Å². The second-order valence-corrected chi connectivity index (χ2v) is 25.2. The smallest absolute Gasteiger partial charge is 0.122 e. The van der Waals surface area contributed by atoms with E-state index in [1.54, 1.807) is 10.4 Å². The molecule has 0 saturated carbocycles. The van der Waals surface area contributed by atoms with Gasteiger partial charge in [0.2, 0.25) is 0 Å². The molecule has 2 atom stereocenters. The van der Waals surface area contributed by atoms with Gasteiger partial charge >= 0.3 is 0 Å². The van der Waals surface area contributed by atoms with E-state index in [1.807, 2.05) is 0 Å². The molecule has 0 N–H and O–H groups in total. The largest absolute Gasteiger partial charge is 0.493 e. The minimum Gasteiger partial charge on any atom is -0.493 e. The molecule has 0 spiro atoms. The van der Waals surface area contributed by atoms with Crippen molar-refractivity contribution in [1.82, 2.24) is 0 Å². The van der Waals surface area contributed by atoms with Crippen molar-refractivity contribution in [2.24, 2.45) is 0 Å². The maximum absolute atomic E-state index is 6.47. The van der Waals surface area contributed by atoms with Gasteiger partial charge in [0.05, 0.1) is 13.2 Å². The molecule has 220 valence electrons. The first kappa shape index (κ1) is 30.4. The van der Waals surface area contributed by atoms with Crippen molar-refractivity contribution >= 4 is 35.9 Å². The molecule has 4 aromatic rings. The van der Waals surface area contributed by atoms with Gasteiger partial charge in [0.15, 0.2) is 0 Å². The number of benzene rings is 4. The average Bonchev–Trinajstić information content (AvgIpc) is 3.02. The molecule has 0 fully saturated rings. The molecule has 0 radical (unpaired) electrons. The number of aryl methyl sites for hydroxylation is 2. The molecule has 42 heavy (non-hydrogen) atoms. The second kappa shape index (κ2) is 13.1. The average molecular weight is 593 g/mol. The van der Waals surface area contributed by atoms with Gasteiger partial charge in [0.1, 0.15) is 26.7 Å². The Morgan fingerprint density at radius 2 is 0.905 bits per heavy atom. The van der Waals surface area contributed by atoms with Gasteiger partial charge in [0.25, 0.3) is 0 Å². The fourth-order valence-corrected chi connectivity index (χ4v) is 23.0. The summed E-state index contributed by atoms with van der Waals surface area (Å²) in [4.78, 5) is 0. The summed E-state index contributed by atoms with van der Waals surface area (Å²) in [6, 6.07) is 32.6. The van der Waals surface area contributed by atoms with E-state index in [0.717, 1.165) is 37.6 Å². The van der Waals surface area contributed by atoms with Gasteiger partial charge in [-0.15, -0.1) is 0 Å². The normalized spacial score (nSPS) is 19.2. The number of rotatable bonds is 12. The third-order valence-corrected chi connectivity index (χ3v) is 27.0. The van der Waals surface area contributed by atoms with E-state index in [4.69, 9.17) is 9.47 Å². The predicted octanol–water partition coefficient (Wildman–Crippen LogP) is 7.59. The molecular formula is C38H48O2Si2. The Labute approximate surface area is 255 Å². The van der Waals surface area contributed by atoms with E-state index in [0.29, 0.717) is 0 Å². The summed E-state index contributed by atoms with van der Waals surface area (Å²) >= 11 is 0. The second-order valence-electron chi connectivity index (χ2n) is 12.4. The van der Waals surface area contributed by atoms with Gasteiger partial charge in [0, 0.05) is 0 Å². The molecule has 1 heterocycles. The highest BCUT2D eigenvalue weighted by Crippen LogP contribution is 2.38. The van der Waals surface area contributed by atoms with Crippen LogP contribution in [0.2, 0.25) is 13.1 Å². The van der Waals surface area contributed by atoms with Gasteiger partial charge in [-0.2, -0.15) is 0 Å². The summed E-state index contributed by atoms with van der Waals surface area (Å²) in [6.45, 7) is 15.8. The molecule has 2 nitrogen and oxygen atoms in total. The van der Waals surface area contributed by atoms with Crippen LogP contribution in [0.4, 0.5) is 0 Å². The lowest BCUT2D eigenvalue weighted by molar-refractivity contribution is 0.304. The zero-order valence-corrected chi connectivity index (χ0v) is 28.6. The summed E-state index contributed by atoms with van der Waals surface area (Å²) in [5.41, 5.74) is 5.18. The van der Waals surface area contributed by atoms with Gasteiger partial charge in [-0.25, -0.2) is 0 Å². The molecular weight excluding hydrogens is 545 g/mol. The van der Waals surface area contributed by atoms with Crippen LogP contribution in [-0.2, 0) is 0 Å². The molecule has 4 aromatic carbocycles. The standard InChI is InChI=1S/C38H48O2Si2/c1-7-9-17-23-39-35-27-33-34-28-36(40-24-18-10-8-2)30(4)26-38(34)42(6,32-21-15-12-16-22-32)41(5,37(33)25-29(35)3)31-19-13-11-14-20-31/h11-16,19-22,25-28H,7-10,17-18,23-24H2,1-6H3. The lowest BCUT2D eigenvalue weighted by Gasteiger charge is -2.50. The molecule has 0 saturated heterocycles. The topological polar surface area (TPSA) is 18.5 Å². The quantitative estimate of drug-likeness (QED) is 0.125. The van der Waals surface area contributed by atoms with Crippen molar-refractivity contribution in [3.05, 3.63) is 96.1 Å². The Balaban J connectivity index is 1.78. The van der Waals surface area contributed by atoms with E-state index in [-0.39, 0.29) is 0 Å². The van der Waals surface area contributed by atoms with Crippen molar-refractivity contribution in [3.63, 3.8) is 0 Å². The lowest BCUT2D eigenvalue weighted by atomic mass is 10.0. The summed E-state index contributed by atoms with van der Waals surface area (Å²) in [5, 5.41) is 6.11. The molecule has 1 aliphatic heterocycles. The molecule has 1 aliphatic rings. The van der Waals surface area contributed by atoms with Crippen LogP contribution in [0.3, 0.4) is 0 Å². The van der Waals surface area contributed by atoms with Crippen molar-refractivity contribution in [1.29, 1.82) is 0 Å². The lowest BCUT2D eigenvalue weighted by Crippen LogP contribution is -2.85. The van der Waals surface area contributed by atoms with Gasteiger partial charge in [-0.1, -0.05) is 136 Å². The molecule has 5 rings (SSSR count). The van der Waals surface area contributed by atoms with Crippen LogP contribution in [0.1, 0.15) is 63.5 Å². The SMILES string of the molecule is CCCCCOc1cc2c(cc1C)[Si](C)(c1ccccc1)[Si](C)(c1ccccc1)c1cc(C)c(OCCCCC)cc1-2. The Hall–Kier alpha value is -3.09. The molecule has 0 amide bonds. The Bertz CT molecular complexity index is 1390. The highest BCUT2D eigenvalue weighted by atomic mass is 29.3. The van der Waals surface area contributed by atoms with E-state index >= 15 is 0 Å². The molecule has 4 heteroatoms. The van der Waals surface area contributed by atoms with E-state index in [1.165, 1.54) is 58.3 Å². The van der Waals surface area contributed by atoms with Crippen LogP contribution in [0.15, 0.2) is 84.9 Å². The van der Waals surface area contributed by atoms with Gasteiger partial charge in [-0.3, -0.25) is 0 Å². The van der Waals surface area contributed by atoms with Crippen molar-refractivity contribution in [2.75, 3.05) is 13.2 Å². The summed E-state index contributed by atoms with van der Waals surface area (Å²) in [6.07, 6.45) is 6.98. The molecule has 0 aromatic heterocycles. The Morgan fingerprint density at radius 3 is 1.26 bits per heavy atom. The van der Waals surface area contributed by atoms with Crippen LogP contribution in [0, 0.1) is 13.8 Å². The first-order valence-corrected chi connectivity index (χ1v) is 22.0. The minimum atomic E-state index is -2.31. The number of fused-ring (bicyclic) bond motifs is 3. The highest BCUT2D eigenvalue weighted by molar-refractivity contribution is 7.59. The maximum Gasteiger partial charge on any atom is 0.122 e. The highest BCUT2D eigenvalue weighted by Gasteiger charge is 2.57. The number of unbranched alkanes of at least 4 members (excludes halogenated alkanes) is 4. The molecule has 2 unspecified atom stereocenters. The first-order chi connectivity index (χ1) is 20.4. The van der Waals surface area contributed by atoms with Gasteiger partial charge < -0.3 is 9.47 Å². The third-order valence-electron chi connectivity index (χ3n) is 9.71. The third kappa shape index (κ3) is 5.40. The fourth-order valence-electron chi connectivity index (χ4n) is 7.00. The van der Waals surface area contributed by atoms with Crippen LogP contribution in [0.5, 0.6) is 11.5 Å². The predicted molar refractivity (Wildman–Crippen MR) is 186 cm³/mol. The van der Waals surface area contributed by atoms with Gasteiger partial charge in [-0.05, 0) is 71.4 Å². The van der Waals surface area contributed by atoms with Crippen LogP contribution >= 0.6 is 0 Å². The summed E-state index contributed by atoms with van der Waals surface area (Å²) in [7, 11) is -4.62. The molecule has 0 aliphatic carbocycles.